The number of carbonyl (C=O) groups excluding carboxylic acids is 1. The van der Waals surface area contributed by atoms with Gasteiger partial charge in [-0.15, -0.1) is 0 Å². The van der Waals surface area contributed by atoms with Crippen LogP contribution in [0, 0.1) is 56.2 Å². The van der Waals surface area contributed by atoms with E-state index < -0.39 is 28.3 Å². The molecular formula is C38H64N2O4. The highest BCUT2D eigenvalue weighted by atomic mass is 16.5. The molecular weight excluding hydrogens is 548 g/mol. The monoisotopic (exact) mass is 612 g/mol. The summed E-state index contributed by atoms with van der Waals surface area (Å²) in [5.41, 5.74) is 13.9. The van der Waals surface area contributed by atoms with E-state index in [0.717, 1.165) is 38.6 Å². The Morgan fingerprint density at radius 3 is 2.18 bits per heavy atom. The Morgan fingerprint density at radius 1 is 0.909 bits per heavy atom. The molecule has 5 unspecified atom stereocenters. The summed E-state index contributed by atoms with van der Waals surface area (Å²) in [6.45, 7) is 23.0. The standard InChI is InChI=1S/C38H64N2O4/c1-24(2)25-13-17-37(15-10-22-39)20-18-34(7)26(30(25)37)11-12-27-35(34,8)19-21-38(40)33(5,6)28(14-16-36(27,38)9)44-29(41)23-32(3,4)31(42)43/h25-28,30H,1,10-23,39-40H2,2-9H3,(H,42,43)/t25-,26?,27-,28?,30+,34+,35?,36?,37?,38+/m0/s1. The Morgan fingerprint density at radius 2 is 1.57 bits per heavy atom. The predicted octanol–water partition coefficient (Wildman–Crippen LogP) is 7.88. The summed E-state index contributed by atoms with van der Waals surface area (Å²) in [5.74, 6) is 1.14. The third-order valence-electron chi connectivity index (χ3n) is 16.0. The molecule has 250 valence electrons. The number of rotatable bonds is 8. The molecule has 0 spiro atoms. The topological polar surface area (TPSA) is 116 Å². The third-order valence-corrected chi connectivity index (χ3v) is 16.0. The van der Waals surface area contributed by atoms with Crippen molar-refractivity contribution in [3.8, 4) is 0 Å². The van der Waals surface area contributed by atoms with Crippen molar-refractivity contribution >= 4 is 11.9 Å². The first-order valence-corrected chi connectivity index (χ1v) is 17.8. The van der Waals surface area contributed by atoms with Gasteiger partial charge in [-0.05, 0) is 150 Å². The number of hydrogen-bond donors (Lipinski definition) is 3. The van der Waals surface area contributed by atoms with E-state index in [4.69, 9.17) is 16.2 Å². The van der Waals surface area contributed by atoms with E-state index in [-0.39, 0.29) is 28.8 Å². The van der Waals surface area contributed by atoms with E-state index in [1.165, 1.54) is 50.5 Å². The molecule has 5 aliphatic carbocycles. The van der Waals surface area contributed by atoms with Crippen molar-refractivity contribution in [3.05, 3.63) is 12.2 Å². The fourth-order valence-corrected chi connectivity index (χ4v) is 12.9. The summed E-state index contributed by atoms with van der Waals surface area (Å²) in [4.78, 5) is 24.7. The van der Waals surface area contributed by atoms with Gasteiger partial charge in [0.25, 0.3) is 0 Å². The molecule has 5 fully saturated rings. The van der Waals surface area contributed by atoms with Crippen LogP contribution in [0.2, 0.25) is 0 Å². The van der Waals surface area contributed by atoms with E-state index >= 15 is 0 Å². The molecule has 0 aromatic rings. The van der Waals surface area contributed by atoms with Crippen LogP contribution in [0.3, 0.4) is 0 Å². The van der Waals surface area contributed by atoms with E-state index in [0.29, 0.717) is 29.1 Å². The number of esters is 1. The third kappa shape index (κ3) is 4.53. The van der Waals surface area contributed by atoms with Crippen LogP contribution in [-0.4, -0.2) is 35.2 Å². The lowest BCUT2D eigenvalue weighted by atomic mass is 9.30. The summed E-state index contributed by atoms with van der Waals surface area (Å²) >= 11 is 0. The summed E-state index contributed by atoms with van der Waals surface area (Å²) in [6.07, 6.45) is 13.4. The average molecular weight is 613 g/mol. The van der Waals surface area contributed by atoms with Crippen LogP contribution in [-0.2, 0) is 14.3 Å². The minimum absolute atomic E-state index is 0.0712. The molecule has 10 atom stereocenters. The first kappa shape index (κ1) is 33.9. The van der Waals surface area contributed by atoms with Crippen molar-refractivity contribution in [3.63, 3.8) is 0 Å². The van der Waals surface area contributed by atoms with Gasteiger partial charge in [-0.2, -0.15) is 0 Å². The normalized spacial score (nSPS) is 46.2. The lowest BCUT2D eigenvalue weighted by Crippen LogP contribution is -2.77. The second-order valence-corrected chi connectivity index (χ2v) is 18.3. The number of nitrogens with two attached hydrogens (primary N) is 2. The molecule has 0 radical (unpaired) electrons. The Balaban J connectivity index is 1.44. The molecule has 6 heteroatoms. The van der Waals surface area contributed by atoms with Crippen LogP contribution in [0.15, 0.2) is 12.2 Å². The molecule has 0 heterocycles. The largest absolute Gasteiger partial charge is 0.481 e. The Kier molecular flexibility index (Phi) is 8.35. The number of carboxylic acid groups (broad SMARTS) is 1. The van der Waals surface area contributed by atoms with E-state index in [2.05, 4.69) is 48.1 Å². The number of carbonyl (C=O) groups is 2. The lowest BCUT2D eigenvalue weighted by molar-refractivity contribution is -0.257. The number of fused-ring (bicyclic) bond motifs is 7. The maximum atomic E-state index is 13.1. The second kappa shape index (κ2) is 10.8. The zero-order valence-corrected chi connectivity index (χ0v) is 29.3. The molecule has 0 aromatic carbocycles. The first-order valence-electron chi connectivity index (χ1n) is 17.8. The maximum absolute atomic E-state index is 13.1. The Labute approximate surface area is 267 Å². The van der Waals surface area contributed by atoms with Crippen molar-refractivity contribution in [1.29, 1.82) is 0 Å². The zero-order chi connectivity index (χ0) is 32.7. The van der Waals surface area contributed by atoms with Crippen molar-refractivity contribution in [2.75, 3.05) is 6.54 Å². The van der Waals surface area contributed by atoms with Gasteiger partial charge in [-0.3, -0.25) is 9.59 Å². The Hall–Kier alpha value is -1.40. The van der Waals surface area contributed by atoms with Gasteiger partial charge in [0, 0.05) is 11.0 Å². The number of aliphatic carboxylic acids is 1. The zero-order valence-electron chi connectivity index (χ0n) is 29.3. The lowest BCUT2D eigenvalue weighted by Gasteiger charge is -2.75. The number of hydrogen-bond acceptors (Lipinski definition) is 5. The molecule has 5 N–H and O–H groups in total. The van der Waals surface area contributed by atoms with Gasteiger partial charge in [0.05, 0.1) is 11.8 Å². The highest BCUT2D eigenvalue weighted by Gasteiger charge is 2.74. The van der Waals surface area contributed by atoms with Crippen LogP contribution in [0.1, 0.15) is 139 Å². The SMILES string of the molecule is C=C(C)[C@@H]1CCC2(CCCN)CC[C@]3(C)C(CC[C@@H]4C5(C)CCC(OC(=O)CC(C)(C)C(=O)O)C(C)(C)[C@]5(N)CCC43C)[C@@H]12. The fraction of sp³-hybridized carbons (Fsp3) is 0.895. The molecule has 0 bridgehead atoms. The van der Waals surface area contributed by atoms with E-state index in [9.17, 15) is 14.7 Å². The van der Waals surface area contributed by atoms with Gasteiger partial charge < -0.3 is 21.3 Å². The molecule has 0 saturated heterocycles. The number of allylic oxidation sites excluding steroid dienone is 1. The minimum atomic E-state index is -1.16. The van der Waals surface area contributed by atoms with Gasteiger partial charge in [0.2, 0.25) is 0 Å². The van der Waals surface area contributed by atoms with E-state index in [1.54, 1.807) is 13.8 Å². The van der Waals surface area contributed by atoms with Gasteiger partial charge in [0.15, 0.2) is 0 Å². The average Bonchev–Trinajstić information content (AvgIpc) is 3.32. The van der Waals surface area contributed by atoms with Crippen LogP contribution < -0.4 is 11.5 Å². The van der Waals surface area contributed by atoms with Gasteiger partial charge >= 0.3 is 11.9 Å². The summed E-state index contributed by atoms with van der Waals surface area (Å²) in [5, 5.41) is 9.57. The number of carboxylic acids is 1. The van der Waals surface area contributed by atoms with Crippen LogP contribution >= 0.6 is 0 Å². The minimum Gasteiger partial charge on any atom is -0.481 e. The van der Waals surface area contributed by atoms with Gasteiger partial charge in [0.1, 0.15) is 6.10 Å². The molecule has 0 aliphatic heterocycles. The molecule has 0 aromatic heterocycles. The van der Waals surface area contributed by atoms with Crippen LogP contribution in [0.25, 0.3) is 0 Å². The fourth-order valence-electron chi connectivity index (χ4n) is 12.9. The van der Waals surface area contributed by atoms with Crippen LogP contribution in [0.4, 0.5) is 0 Å². The first-order chi connectivity index (χ1) is 20.3. The van der Waals surface area contributed by atoms with Gasteiger partial charge in [-0.25, -0.2) is 0 Å². The molecule has 44 heavy (non-hydrogen) atoms. The van der Waals surface area contributed by atoms with Crippen molar-refractivity contribution < 1.29 is 19.4 Å². The highest BCUT2D eigenvalue weighted by Crippen LogP contribution is 2.78. The summed E-state index contributed by atoms with van der Waals surface area (Å²) < 4.78 is 6.14. The molecule has 5 aliphatic rings. The smallest absolute Gasteiger partial charge is 0.309 e. The van der Waals surface area contributed by atoms with Gasteiger partial charge in [-0.1, -0.05) is 46.8 Å². The molecule has 6 nitrogen and oxygen atoms in total. The highest BCUT2D eigenvalue weighted by molar-refractivity contribution is 5.81. The second-order valence-electron chi connectivity index (χ2n) is 18.3. The van der Waals surface area contributed by atoms with Crippen molar-refractivity contribution in [1.82, 2.24) is 0 Å². The summed E-state index contributed by atoms with van der Waals surface area (Å²) in [7, 11) is 0. The quantitative estimate of drug-likeness (QED) is 0.190. The van der Waals surface area contributed by atoms with E-state index in [1.807, 2.05) is 0 Å². The number of ether oxygens (including phenoxy) is 1. The van der Waals surface area contributed by atoms with Crippen molar-refractivity contribution in [2.45, 2.75) is 151 Å². The summed E-state index contributed by atoms with van der Waals surface area (Å²) in [6, 6.07) is 0. The predicted molar refractivity (Wildman–Crippen MR) is 177 cm³/mol. The maximum Gasteiger partial charge on any atom is 0.309 e. The molecule has 0 amide bonds. The van der Waals surface area contributed by atoms with Crippen LogP contribution in [0.5, 0.6) is 0 Å². The molecule has 5 saturated carbocycles. The molecule has 5 rings (SSSR count). The van der Waals surface area contributed by atoms with Crippen molar-refractivity contribution in [2.24, 2.45) is 67.6 Å². The Bertz CT molecular complexity index is 1180.